The summed E-state index contributed by atoms with van der Waals surface area (Å²) in [6.45, 7) is 1.30. The molecular formula is C9H12F6O. The lowest BCUT2D eigenvalue weighted by atomic mass is 9.80. The third kappa shape index (κ3) is 1.59. The molecule has 2 atom stereocenters. The van der Waals surface area contributed by atoms with Gasteiger partial charge in [0.1, 0.15) is 0 Å². The maximum atomic E-state index is 13.2. The summed E-state index contributed by atoms with van der Waals surface area (Å²) in [5.74, 6) is -14.3. The van der Waals surface area contributed by atoms with E-state index in [1.165, 1.54) is 0 Å². The van der Waals surface area contributed by atoms with E-state index in [1.54, 1.807) is 6.92 Å². The zero-order chi connectivity index (χ0) is 12.6. The first-order chi connectivity index (χ1) is 7.22. The molecule has 0 aromatic rings. The van der Waals surface area contributed by atoms with Crippen molar-refractivity contribution in [2.24, 2.45) is 0 Å². The fourth-order valence-corrected chi connectivity index (χ4v) is 1.44. The van der Waals surface area contributed by atoms with Crippen LogP contribution in [0, 0.1) is 0 Å². The molecule has 1 rings (SSSR count). The van der Waals surface area contributed by atoms with E-state index in [-0.39, 0.29) is 6.42 Å². The smallest absolute Gasteiger partial charge is 0.339 e. The van der Waals surface area contributed by atoms with Gasteiger partial charge in [-0.3, -0.25) is 0 Å². The van der Waals surface area contributed by atoms with Crippen molar-refractivity contribution in [1.82, 2.24) is 0 Å². The molecule has 0 aromatic heterocycles. The molecule has 0 bridgehead atoms. The van der Waals surface area contributed by atoms with Crippen molar-refractivity contribution >= 4 is 0 Å². The van der Waals surface area contributed by atoms with Crippen LogP contribution in [0.25, 0.3) is 0 Å². The minimum atomic E-state index is -5.11. The first-order valence-corrected chi connectivity index (χ1v) is 4.94. The summed E-state index contributed by atoms with van der Waals surface area (Å²) in [5.41, 5.74) is 0. The monoisotopic (exact) mass is 250 g/mol. The van der Waals surface area contributed by atoms with Gasteiger partial charge in [-0.1, -0.05) is 19.8 Å². The lowest BCUT2D eigenvalue weighted by molar-refractivity contribution is -0.464. The minimum absolute atomic E-state index is 0.219. The van der Waals surface area contributed by atoms with E-state index < -0.39 is 30.5 Å². The van der Waals surface area contributed by atoms with Crippen LogP contribution in [0.5, 0.6) is 0 Å². The number of alkyl halides is 6. The van der Waals surface area contributed by atoms with Crippen molar-refractivity contribution in [3.05, 3.63) is 0 Å². The van der Waals surface area contributed by atoms with Crippen LogP contribution in [-0.4, -0.2) is 30.5 Å². The first kappa shape index (κ1) is 13.6. The van der Waals surface area contributed by atoms with E-state index in [0.717, 1.165) is 0 Å². The molecule has 0 N–H and O–H groups in total. The van der Waals surface area contributed by atoms with Crippen LogP contribution in [0.3, 0.4) is 0 Å². The predicted octanol–water partition coefficient (Wildman–Crippen LogP) is 3.48. The van der Waals surface area contributed by atoms with E-state index in [2.05, 4.69) is 4.74 Å². The molecule has 0 aliphatic heterocycles. The molecule has 0 saturated heterocycles. The molecule has 1 saturated carbocycles. The van der Waals surface area contributed by atoms with E-state index in [4.69, 9.17) is 0 Å². The van der Waals surface area contributed by atoms with Gasteiger partial charge in [0.25, 0.3) is 0 Å². The first-order valence-electron chi connectivity index (χ1n) is 4.94. The maximum absolute atomic E-state index is 13.2. The van der Waals surface area contributed by atoms with Crippen LogP contribution in [-0.2, 0) is 4.74 Å². The molecule has 0 spiro atoms. The maximum Gasteiger partial charge on any atom is 0.373 e. The average molecular weight is 250 g/mol. The molecule has 7 heteroatoms. The van der Waals surface area contributed by atoms with Crippen molar-refractivity contribution in [3.8, 4) is 0 Å². The number of ether oxygens (including phenoxy) is 1. The molecule has 16 heavy (non-hydrogen) atoms. The van der Waals surface area contributed by atoms with Crippen LogP contribution in [0.1, 0.15) is 26.2 Å². The number of unbranched alkanes of at least 4 members (excludes halogenated alkanes) is 2. The summed E-state index contributed by atoms with van der Waals surface area (Å²) in [7, 11) is 0. The van der Waals surface area contributed by atoms with Gasteiger partial charge < -0.3 is 4.74 Å². The Balaban J connectivity index is 2.58. The highest BCUT2D eigenvalue weighted by Crippen LogP contribution is 2.61. The van der Waals surface area contributed by atoms with Crippen molar-refractivity contribution in [2.75, 3.05) is 6.61 Å². The molecule has 0 radical (unpaired) electrons. The van der Waals surface area contributed by atoms with Crippen LogP contribution in [0.4, 0.5) is 26.3 Å². The highest BCUT2D eigenvalue weighted by molar-refractivity contribution is 5.18. The molecule has 2 unspecified atom stereocenters. The second-order valence-electron chi connectivity index (χ2n) is 3.76. The van der Waals surface area contributed by atoms with Crippen LogP contribution in [0.15, 0.2) is 0 Å². The Hall–Kier alpha value is -0.460. The predicted molar refractivity (Wildman–Crippen MR) is 44.1 cm³/mol. The van der Waals surface area contributed by atoms with Crippen molar-refractivity contribution in [3.63, 3.8) is 0 Å². The Labute approximate surface area is 88.8 Å². The zero-order valence-corrected chi connectivity index (χ0v) is 8.58. The summed E-state index contributed by atoms with van der Waals surface area (Å²) in [5, 5.41) is 0. The number of halogens is 6. The lowest BCUT2D eigenvalue weighted by Gasteiger charge is -2.49. The normalized spacial score (nSPS) is 35.8. The second-order valence-corrected chi connectivity index (χ2v) is 3.76. The van der Waals surface area contributed by atoms with Gasteiger partial charge in [-0.05, 0) is 6.42 Å². The van der Waals surface area contributed by atoms with Gasteiger partial charge >= 0.3 is 17.7 Å². The Morgan fingerprint density at radius 1 is 1.06 bits per heavy atom. The largest absolute Gasteiger partial charge is 0.373 e. The van der Waals surface area contributed by atoms with Gasteiger partial charge in [0.2, 0.25) is 6.17 Å². The van der Waals surface area contributed by atoms with Gasteiger partial charge in [-0.25, -0.2) is 8.78 Å². The molecule has 0 amide bonds. The van der Waals surface area contributed by atoms with E-state index in [0.29, 0.717) is 12.8 Å². The molecule has 0 aromatic carbocycles. The fourth-order valence-electron chi connectivity index (χ4n) is 1.44. The van der Waals surface area contributed by atoms with Crippen molar-refractivity contribution in [2.45, 2.75) is 50.1 Å². The fraction of sp³-hybridized carbons (Fsp3) is 1.00. The number of hydrogen-bond acceptors (Lipinski definition) is 1. The summed E-state index contributed by atoms with van der Waals surface area (Å²) < 4.78 is 79.7. The van der Waals surface area contributed by atoms with E-state index >= 15 is 0 Å². The van der Waals surface area contributed by atoms with Crippen molar-refractivity contribution < 1.29 is 31.1 Å². The van der Waals surface area contributed by atoms with Crippen LogP contribution >= 0.6 is 0 Å². The Morgan fingerprint density at radius 3 is 2.06 bits per heavy atom. The third-order valence-corrected chi connectivity index (χ3v) is 2.55. The highest BCUT2D eigenvalue weighted by Gasteiger charge is 2.91. The van der Waals surface area contributed by atoms with E-state index in [9.17, 15) is 26.3 Å². The molecular weight excluding hydrogens is 238 g/mol. The Bertz CT molecular complexity index is 256. The number of rotatable bonds is 5. The molecule has 1 nitrogen and oxygen atoms in total. The molecule has 96 valence electrons. The zero-order valence-electron chi connectivity index (χ0n) is 8.58. The van der Waals surface area contributed by atoms with Crippen LogP contribution in [0.2, 0.25) is 0 Å². The SMILES string of the molecule is CCCCCOC1(F)C(F)C(F)(F)C1(F)F. The molecule has 1 fully saturated rings. The third-order valence-electron chi connectivity index (χ3n) is 2.55. The molecule has 1 aliphatic rings. The minimum Gasteiger partial charge on any atom is -0.339 e. The lowest BCUT2D eigenvalue weighted by Crippen LogP contribution is -2.79. The van der Waals surface area contributed by atoms with E-state index in [1.807, 2.05) is 0 Å². The van der Waals surface area contributed by atoms with Gasteiger partial charge in [-0.15, -0.1) is 0 Å². The summed E-state index contributed by atoms with van der Waals surface area (Å²) >= 11 is 0. The van der Waals surface area contributed by atoms with Crippen molar-refractivity contribution in [1.29, 1.82) is 0 Å². The Morgan fingerprint density at radius 2 is 1.62 bits per heavy atom. The summed E-state index contributed by atoms with van der Waals surface area (Å²) in [6.07, 6.45) is -2.11. The second kappa shape index (κ2) is 4.09. The molecule has 0 heterocycles. The average Bonchev–Trinajstić information content (AvgIpc) is 2.22. The number of hydrogen-bond donors (Lipinski definition) is 0. The van der Waals surface area contributed by atoms with Gasteiger partial charge in [0.05, 0.1) is 6.61 Å². The van der Waals surface area contributed by atoms with Gasteiger partial charge in [0.15, 0.2) is 0 Å². The summed E-state index contributed by atoms with van der Waals surface area (Å²) in [4.78, 5) is 0. The standard InChI is InChI=1S/C9H12F6O/c1-2-3-4-5-16-8(13)6(10)7(11,12)9(8,14)15/h6H,2-5H2,1H3. The van der Waals surface area contributed by atoms with Crippen LogP contribution < -0.4 is 0 Å². The van der Waals surface area contributed by atoms with Gasteiger partial charge in [-0.2, -0.15) is 17.6 Å². The Kier molecular flexibility index (Phi) is 3.47. The highest BCUT2D eigenvalue weighted by atomic mass is 19.3. The van der Waals surface area contributed by atoms with Gasteiger partial charge in [0, 0.05) is 0 Å². The molecule has 1 aliphatic carbocycles. The quantitative estimate of drug-likeness (QED) is 0.536. The summed E-state index contributed by atoms with van der Waals surface area (Å²) in [6, 6.07) is 0. The topological polar surface area (TPSA) is 9.23 Å².